The Morgan fingerprint density at radius 2 is 1.28 bits per heavy atom. The van der Waals surface area contributed by atoms with Crippen LogP contribution in [0.1, 0.15) is 0 Å². The highest BCUT2D eigenvalue weighted by atomic mass is 19.4. The molecule has 0 aromatic heterocycles. The van der Waals surface area contributed by atoms with Gasteiger partial charge < -0.3 is 14.6 Å². The van der Waals surface area contributed by atoms with Crippen LogP contribution in [-0.2, 0) is 9.53 Å². The summed E-state index contributed by atoms with van der Waals surface area (Å²) in [5, 5.41) is 9.78. The Bertz CT molecular complexity index is 319. The van der Waals surface area contributed by atoms with Crippen LogP contribution in [0.5, 0.6) is 0 Å². The quantitative estimate of drug-likeness (QED) is 0.731. The zero-order valence-electron chi connectivity index (χ0n) is 7.83. The van der Waals surface area contributed by atoms with E-state index in [-0.39, 0.29) is 0 Å². The van der Waals surface area contributed by atoms with Crippen LogP contribution in [0.25, 0.3) is 0 Å². The van der Waals surface area contributed by atoms with Gasteiger partial charge in [0.15, 0.2) is 0 Å². The number of carbonyl (C=O) groups excluding carboxylic acids is 1. The summed E-state index contributed by atoms with van der Waals surface area (Å²) in [6.45, 7) is -3.17. The Morgan fingerprint density at radius 1 is 0.889 bits per heavy atom. The second-order valence-corrected chi connectivity index (χ2v) is 2.87. The molecule has 108 valence electrons. The first-order valence-electron chi connectivity index (χ1n) is 3.71. The number of hydrogen-bond acceptors (Lipinski definition) is 3. The molecular formula is C6H2F9O3-. The van der Waals surface area contributed by atoms with Crippen LogP contribution in [0.15, 0.2) is 0 Å². The van der Waals surface area contributed by atoms with Crippen LogP contribution in [0.2, 0.25) is 0 Å². The molecule has 0 aliphatic heterocycles. The molecule has 0 N–H and O–H groups in total. The zero-order valence-corrected chi connectivity index (χ0v) is 7.83. The molecule has 0 spiro atoms. The monoisotopic (exact) mass is 293 g/mol. The van der Waals surface area contributed by atoms with Gasteiger partial charge in [-0.25, -0.2) is 0 Å². The van der Waals surface area contributed by atoms with Gasteiger partial charge in [0.25, 0.3) is 0 Å². The molecule has 0 aliphatic carbocycles. The van der Waals surface area contributed by atoms with Gasteiger partial charge in [0.2, 0.25) is 0 Å². The molecule has 0 amide bonds. The molecule has 18 heavy (non-hydrogen) atoms. The molecular weight excluding hydrogens is 291 g/mol. The lowest BCUT2D eigenvalue weighted by molar-refractivity contribution is -0.400. The van der Waals surface area contributed by atoms with Gasteiger partial charge >= 0.3 is 24.1 Å². The summed E-state index contributed by atoms with van der Waals surface area (Å²) < 4.78 is 109. The minimum atomic E-state index is -6.38. The summed E-state index contributed by atoms with van der Waals surface area (Å²) in [5.41, 5.74) is 0. The summed E-state index contributed by atoms with van der Waals surface area (Å²) >= 11 is 0. The average molecular weight is 293 g/mol. The molecule has 3 nitrogen and oxygen atoms in total. The van der Waals surface area contributed by atoms with E-state index in [1.807, 2.05) is 0 Å². The molecule has 0 heterocycles. The topological polar surface area (TPSA) is 49.4 Å². The lowest BCUT2D eigenvalue weighted by atomic mass is 10.3. The summed E-state index contributed by atoms with van der Waals surface area (Å²) in [5.74, 6) is -15.3. The fraction of sp³-hybridized carbons (Fsp3) is 0.833. The highest BCUT2D eigenvalue weighted by Crippen LogP contribution is 2.40. The second kappa shape index (κ2) is 4.48. The van der Waals surface area contributed by atoms with Crippen molar-refractivity contribution in [1.29, 1.82) is 0 Å². The van der Waals surface area contributed by atoms with Crippen LogP contribution in [0.4, 0.5) is 39.5 Å². The second-order valence-electron chi connectivity index (χ2n) is 2.87. The van der Waals surface area contributed by atoms with Gasteiger partial charge in [0.1, 0.15) is 12.6 Å². The summed E-state index contributed by atoms with van der Waals surface area (Å²) in [6.07, 6.45) is -12.7. The fourth-order valence-corrected chi connectivity index (χ4v) is 0.528. The van der Waals surface area contributed by atoms with Gasteiger partial charge in [-0.1, -0.05) is 0 Å². The number of alkyl halides is 9. The summed E-state index contributed by atoms with van der Waals surface area (Å²) in [7, 11) is 0. The van der Waals surface area contributed by atoms with Gasteiger partial charge in [-0.15, -0.1) is 0 Å². The van der Waals surface area contributed by atoms with Crippen LogP contribution in [-0.4, -0.2) is 36.7 Å². The number of hydrogen-bond donors (Lipinski definition) is 0. The summed E-state index contributed by atoms with van der Waals surface area (Å²) in [4.78, 5) is 9.78. The van der Waals surface area contributed by atoms with Crippen molar-refractivity contribution in [2.75, 3.05) is 6.61 Å². The fourth-order valence-electron chi connectivity index (χ4n) is 0.528. The molecule has 0 fully saturated rings. The summed E-state index contributed by atoms with van der Waals surface area (Å²) in [6, 6.07) is 0. The molecule has 1 atom stereocenters. The predicted molar refractivity (Wildman–Crippen MR) is 31.9 cm³/mol. The SMILES string of the molecule is O=C([O-])C(F)(OCC(F)(F)C(F)(F)F)C(F)(F)F. The molecule has 0 bridgehead atoms. The Balaban J connectivity index is 5.04. The minimum Gasteiger partial charge on any atom is -0.544 e. The minimum absolute atomic E-state index is 2.52. The van der Waals surface area contributed by atoms with E-state index < -0.39 is 36.7 Å². The predicted octanol–water partition coefficient (Wildman–Crippen LogP) is 1.18. The number of ether oxygens (including phenoxy) is 1. The van der Waals surface area contributed by atoms with Gasteiger partial charge in [-0.05, 0) is 0 Å². The Hall–Kier alpha value is -1.20. The highest BCUT2D eigenvalue weighted by Gasteiger charge is 2.64. The normalized spacial score (nSPS) is 17.4. The van der Waals surface area contributed by atoms with Crippen molar-refractivity contribution in [1.82, 2.24) is 0 Å². The van der Waals surface area contributed by atoms with E-state index in [4.69, 9.17) is 0 Å². The first-order valence-corrected chi connectivity index (χ1v) is 3.71. The van der Waals surface area contributed by atoms with Crippen LogP contribution in [0, 0.1) is 0 Å². The van der Waals surface area contributed by atoms with E-state index in [1.54, 1.807) is 0 Å². The van der Waals surface area contributed by atoms with E-state index in [1.165, 1.54) is 0 Å². The van der Waals surface area contributed by atoms with E-state index >= 15 is 0 Å². The molecule has 0 radical (unpaired) electrons. The molecule has 0 saturated carbocycles. The van der Waals surface area contributed by atoms with Crippen molar-refractivity contribution in [3.8, 4) is 0 Å². The number of aliphatic carboxylic acids is 1. The van der Waals surface area contributed by atoms with Crippen LogP contribution < -0.4 is 5.11 Å². The lowest BCUT2D eigenvalue weighted by Gasteiger charge is -2.30. The zero-order chi connectivity index (χ0) is 15.0. The average Bonchev–Trinajstić information content (AvgIpc) is 2.10. The maximum atomic E-state index is 12.6. The molecule has 0 aromatic rings. The Labute approximate surface area is 92.1 Å². The number of carboxylic acids is 1. The van der Waals surface area contributed by atoms with Crippen molar-refractivity contribution >= 4 is 5.97 Å². The third-order valence-corrected chi connectivity index (χ3v) is 1.49. The van der Waals surface area contributed by atoms with Gasteiger partial charge in [-0.3, -0.25) is 0 Å². The van der Waals surface area contributed by atoms with Crippen LogP contribution >= 0.6 is 0 Å². The third-order valence-electron chi connectivity index (χ3n) is 1.49. The highest BCUT2D eigenvalue weighted by molar-refractivity contribution is 5.74. The molecule has 0 aromatic carbocycles. The van der Waals surface area contributed by atoms with Crippen molar-refractivity contribution in [2.24, 2.45) is 0 Å². The number of carboxylic acid groups (broad SMARTS) is 1. The first-order chi connectivity index (χ1) is 7.65. The van der Waals surface area contributed by atoms with Gasteiger partial charge in [0.05, 0.1) is 0 Å². The largest absolute Gasteiger partial charge is 0.544 e. The van der Waals surface area contributed by atoms with E-state index in [2.05, 4.69) is 4.74 Å². The molecule has 1 unspecified atom stereocenters. The van der Waals surface area contributed by atoms with E-state index in [0.29, 0.717) is 0 Å². The Morgan fingerprint density at radius 3 is 1.50 bits per heavy atom. The molecule has 0 saturated heterocycles. The molecule has 0 aliphatic rings. The van der Waals surface area contributed by atoms with Crippen molar-refractivity contribution in [3.63, 3.8) is 0 Å². The number of carbonyl (C=O) groups is 1. The lowest BCUT2D eigenvalue weighted by Crippen LogP contribution is -2.58. The maximum absolute atomic E-state index is 12.6. The number of rotatable bonds is 4. The smallest absolute Gasteiger partial charge is 0.455 e. The molecule has 12 heteroatoms. The number of halogens is 9. The van der Waals surface area contributed by atoms with Gasteiger partial charge in [-0.2, -0.15) is 39.5 Å². The van der Waals surface area contributed by atoms with Crippen molar-refractivity contribution in [3.05, 3.63) is 0 Å². The molecule has 0 rings (SSSR count). The third kappa shape index (κ3) is 3.17. The van der Waals surface area contributed by atoms with E-state index in [0.717, 1.165) is 0 Å². The van der Waals surface area contributed by atoms with Crippen molar-refractivity contribution in [2.45, 2.75) is 24.1 Å². The van der Waals surface area contributed by atoms with Crippen molar-refractivity contribution < 1.29 is 54.2 Å². The van der Waals surface area contributed by atoms with Gasteiger partial charge in [0, 0.05) is 0 Å². The Kier molecular flexibility index (Phi) is 4.18. The van der Waals surface area contributed by atoms with Crippen LogP contribution in [0.3, 0.4) is 0 Å². The first kappa shape index (κ1) is 16.8. The van der Waals surface area contributed by atoms with E-state index in [9.17, 15) is 49.4 Å². The maximum Gasteiger partial charge on any atom is 0.455 e. The standard InChI is InChI=1S/C6H3F9O3/c7-3(8,5(10,11)12)1-18-4(9,2(16)17)6(13,14)15/h1H2,(H,16,17)/p-1.